The van der Waals surface area contributed by atoms with E-state index in [1.165, 1.54) is 5.56 Å². The van der Waals surface area contributed by atoms with Gasteiger partial charge in [0.2, 0.25) is 11.9 Å². The number of benzene rings is 2. The van der Waals surface area contributed by atoms with Crippen molar-refractivity contribution in [3.8, 4) is 11.1 Å². The third kappa shape index (κ3) is 3.60. The number of likely N-dealkylation sites (tertiary alicyclic amines) is 1. The first kappa shape index (κ1) is 20.2. The Hall–Kier alpha value is -3.74. The van der Waals surface area contributed by atoms with Crippen LogP contribution in [0.3, 0.4) is 0 Å². The first-order valence-electron chi connectivity index (χ1n) is 10.9. The number of nitrogens with one attached hydrogen (secondary N) is 1. The van der Waals surface area contributed by atoms with E-state index in [4.69, 9.17) is 0 Å². The lowest BCUT2D eigenvalue weighted by atomic mass is 9.74. The van der Waals surface area contributed by atoms with Gasteiger partial charge in [0.25, 0.3) is 0 Å². The summed E-state index contributed by atoms with van der Waals surface area (Å²) in [6, 6.07) is 17.8. The molecule has 1 fully saturated rings. The molecule has 1 spiro atoms. The second-order valence-electron chi connectivity index (χ2n) is 8.48. The van der Waals surface area contributed by atoms with Crippen LogP contribution in [0.1, 0.15) is 25.3 Å². The van der Waals surface area contributed by atoms with Crippen molar-refractivity contribution in [2.75, 3.05) is 29.9 Å². The number of amides is 3. The van der Waals surface area contributed by atoms with Crippen LogP contribution in [0.4, 0.5) is 16.4 Å². The monoisotopic (exact) mass is 427 g/mol. The van der Waals surface area contributed by atoms with E-state index >= 15 is 0 Å². The van der Waals surface area contributed by atoms with Gasteiger partial charge in [-0.3, -0.25) is 10.1 Å². The molecule has 0 unspecified atom stereocenters. The van der Waals surface area contributed by atoms with Gasteiger partial charge in [-0.2, -0.15) is 0 Å². The van der Waals surface area contributed by atoms with E-state index in [1.54, 1.807) is 24.2 Å². The Morgan fingerprint density at radius 1 is 0.906 bits per heavy atom. The molecule has 32 heavy (non-hydrogen) atoms. The van der Waals surface area contributed by atoms with E-state index in [0.717, 1.165) is 29.7 Å². The Balaban J connectivity index is 1.24. The van der Waals surface area contributed by atoms with Crippen LogP contribution in [0.2, 0.25) is 0 Å². The van der Waals surface area contributed by atoms with Gasteiger partial charge in [0.1, 0.15) is 0 Å². The highest BCUT2D eigenvalue weighted by molar-refractivity contribution is 5.95. The fraction of sp³-hybridized carbons (Fsp3) is 0.280. The molecule has 1 aromatic heterocycles. The van der Waals surface area contributed by atoms with Gasteiger partial charge in [-0.1, -0.05) is 48.5 Å². The molecule has 3 aromatic rings. The van der Waals surface area contributed by atoms with Crippen molar-refractivity contribution in [1.82, 2.24) is 14.9 Å². The smallest absolute Gasteiger partial charge is 0.324 e. The number of nitrogens with zero attached hydrogens (tertiary/aromatic N) is 4. The van der Waals surface area contributed by atoms with Gasteiger partial charge in [0.15, 0.2) is 0 Å². The van der Waals surface area contributed by atoms with Gasteiger partial charge in [-0.05, 0) is 30.0 Å². The standard InChI is InChI=1S/C25H25N5O2/c1-18(31)30-17-25(21-9-5-6-10-22(21)30)11-13-29(14-12-25)24(32)28-23-26-15-20(16-27-23)19-7-3-2-4-8-19/h2-10,15-16H,11-14,17H2,1H3,(H,26,27,28,32). The lowest BCUT2D eigenvalue weighted by molar-refractivity contribution is -0.116. The van der Waals surface area contributed by atoms with Crippen molar-refractivity contribution in [2.24, 2.45) is 0 Å². The molecule has 162 valence electrons. The van der Waals surface area contributed by atoms with Crippen molar-refractivity contribution in [3.05, 3.63) is 72.6 Å². The average Bonchev–Trinajstić information content (AvgIpc) is 3.15. The summed E-state index contributed by atoms with van der Waals surface area (Å²) in [7, 11) is 0. The highest BCUT2D eigenvalue weighted by Crippen LogP contribution is 2.46. The molecule has 0 saturated carbocycles. The number of urea groups is 1. The van der Waals surface area contributed by atoms with Crippen molar-refractivity contribution in [1.29, 1.82) is 0 Å². The molecule has 7 heteroatoms. The van der Waals surface area contributed by atoms with E-state index in [-0.39, 0.29) is 17.4 Å². The third-order valence-electron chi connectivity index (χ3n) is 6.59. The van der Waals surface area contributed by atoms with E-state index < -0.39 is 0 Å². The minimum Gasteiger partial charge on any atom is -0.324 e. The minimum atomic E-state index is -0.193. The minimum absolute atomic E-state index is 0.0607. The number of anilines is 2. The van der Waals surface area contributed by atoms with Crippen LogP contribution < -0.4 is 10.2 Å². The summed E-state index contributed by atoms with van der Waals surface area (Å²) in [6.07, 6.45) is 5.06. The molecular weight excluding hydrogens is 402 g/mol. The van der Waals surface area contributed by atoms with Crippen LogP contribution in [0.25, 0.3) is 11.1 Å². The molecule has 5 rings (SSSR count). The van der Waals surface area contributed by atoms with E-state index in [0.29, 0.717) is 25.6 Å². The summed E-state index contributed by atoms with van der Waals surface area (Å²) in [5.74, 6) is 0.356. The van der Waals surface area contributed by atoms with Crippen LogP contribution >= 0.6 is 0 Å². The van der Waals surface area contributed by atoms with Crippen molar-refractivity contribution < 1.29 is 9.59 Å². The Morgan fingerprint density at radius 2 is 1.56 bits per heavy atom. The first-order chi connectivity index (χ1) is 15.6. The average molecular weight is 428 g/mol. The first-order valence-corrected chi connectivity index (χ1v) is 10.9. The van der Waals surface area contributed by atoms with Gasteiger partial charge in [-0.25, -0.2) is 14.8 Å². The maximum atomic E-state index is 12.8. The molecular formula is C25H25N5O2. The number of carbonyl (C=O) groups excluding carboxylic acids is 2. The molecule has 7 nitrogen and oxygen atoms in total. The van der Waals surface area contributed by atoms with Gasteiger partial charge in [-0.15, -0.1) is 0 Å². The summed E-state index contributed by atoms with van der Waals surface area (Å²) >= 11 is 0. The summed E-state index contributed by atoms with van der Waals surface area (Å²) in [5.41, 5.74) is 4.06. The maximum absolute atomic E-state index is 12.8. The van der Waals surface area contributed by atoms with Crippen LogP contribution in [0.5, 0.6) is 0 Å². The van der Waals surface area contributed by atoms with Crippen LogP contribution in [0.15, 0.2) is 67.0 Å². The summed E-state index contributed by atoms with van der Waals surface area (Å²) in [4.78, 5) is 37.3. The Morgan fingerprint density at radius 3 is 2.25 bits per heavy atom. The predicted molar refractivity (Wildman–Crippen MR) is 123 cm³/mol. The highest BCUT2D eigenvalue weighted by atomic mass is 16.2. The van der Waals surface area contributed by atoms with Crippen molar-refractivity contribution in [2.45, 2.75) is 25.2 Å². The number of hydrogen-bond donors (Lipinski definition) is 1. The zero-order valence-electron chi connectivity index (χ0n) is 18.0. The Kier molecular flexibility index (Phi) is 5.09. The fourth-order valence-electron chi connectivity index (χ4n) is 4.82. The second kappa shape index (κ2) is 8.07. The number of aromatic nitrogens is 2. The van der Waals surface area contributed by atoms with Crippen LogP contribution in [-0.4, -0.2) is 46.4 Å². The number of para-hydroxylation sites is 1. The zero-order valence-corrected chi connectivity index (χ0v) is 18.0. The number of fused-ring (bicyclic) bond motifs is 2. The Bertz CT molecular complexity index is 1140. The topological polar surface area (TPSA) is 78.4 Å². The molecule has 0 bridgehead atoms. The van der Waals surface area contributed by atoms with E-state index in [9.17, 15) is 9.59 Å². The Labute approximate surface area is 187 Å². The normalized spacial score (nSPS) is 16.7. The molecule has 2 aliphatic heterocycles. The van der Waals surface area contributed by atoms with E-state index in [2.05, 4.69) is 21.4 Å². The molecule has 3 heterocycles. The highest BCUT2D eigenvalue weighted by Gasteiger charge is 2.46. The molecule has 2 aromatic carbocycles. The third-order valence-corrected chi connectivity index (χ3v) is 6.59. The number of carbonyl (C=O) groups is 2. The fourth-order valence-corrected chi connectivity index (χ4v) is 4.82. The molecule has 1 saturated heterocycles. The number of piperidine rings is 1. The quantitative estimate of drug-likeness (QED) is 0.669. The van der Waals surface area contributed by atoms with Crippen LogP contribution in [-0.2, 0) is 10.2 Å². The SMILES string of the molecule is CC(=O)N1CC2(CCN(C(=O)Nc3ncc(-c4ccccc4)cn3)CC2)c2ccccc21. The molecule has 0 atom stereocenters. The molecule has 0 aliphatic carbocycles. The maximum Gasteiger partial charge on any atom is 0.324 e. The predicted octanol–water partition coefficient (Wildman–Crippen LogP) is 4.08. The van der Waals surface area contributed by atoms with Gasteiger partial charge < -0.3 is 9.80 Å². The van der Waals surface area contributed by atoms with Crippen LogP contribution in [0, 0.1) is 0 Å². The van der Waals surface area contributed by atoms with Crippen molar-refractivity contribution in [3.63, 3.8) is 0 Å². The second-order valence-corrected chi connectivity index (χ2v) is 8.48. The lowest BCUT2D eigenvalue weighted by Crippen LogP contribution is -2.48. The largest absolute Gasteiger partial charge is 0.324 e. The summed E-state index contributed by atoms with van der Waals surface area (Å²) < 4.78 is 0. The summed E-state index contributed by atoms with van der Waals surface area (Å²) in [6.45, 7) is 3.53. The van der Waals surface area contributed by atoms with Crippen molar-refractivity contribution >= 4 is 23.6 Å². The van der Waals surface area contributed by atoms with Gasteiger partial charge in [0.05, 0.1) is 0 Å². The zero-order chi connectivity index (χ0) is 22.1. The molecule has 1 N–H and O–H groups in total. The van der Waals surface area contributed by atoms with Gasteiger partial charge in [0, 0.05) is 55.6 Å². The van der Waals surface area contributed by atoms with E-state index in [1.807, 2.05) is 53.4 Å². The lowest BCUT2D eigenvalue weighted by Gasteiger charge is -2.39. The number of hydrogen-bond acceptors (Lipinski definition) is 4. The molecule has 2 aliphatic rings. The molecule has 0 radical (unpaired) electrons. The summed E-state index contributed by atoms with van der Waals surface area (Å²) in [5, 5.41) is 2.82. The molecule has 3 amide bonds. The van der Waals surface area contributed by atoms with Gasteiger partial charge >= 0.3 is 6.03 Å². The number of rotatable bonds is 2.